The molecule has 0 radical (unpaired) electrons. The minimum absolute atomic E-state index is 0.152. The maximum absolute atomic E-state index is 11.4. The second-order valence-electron chi connectivity index (χ2n) is 3.61. The summed E-state index contributed by atoms with van der Waals surface area (Å²) in [6.45, 7) is 1.81. The molecule has 0 amide bonds. The Morgan fingerprint density at radius 1 is 1.29 bits per heavy atom. The van der Waals surface area contributed by atoms with Gasteiger partial charge in [-0.3, -0.25) is 9.59 Å². The lowest BCUT2D eigenvalue weighted by Gasteiger charge is -2.13. The summed E-state index contributed by atoms with van der Waals surface area (Å²) in [5, 5.41) is 17.2. The lowest BCUT2D eigenvalue weighted by Crippen LogP contribution is -2.42. The molecule has 0 unspecified atom stereocenters. The van der Waals surface area contributed by atoms with Crippen molar-refractivity contribution in [1.29, 1.82) is 0 Å². The summed E-state index contributed by atoms with van der Waals surface area (Å²) in [6, 6.07) is -1.38. The SMILES string of the molecule is CCCCS(=O)(=O)N[C@@H](CCC(=O)O)C(=O)O. The first-order valence-electron chi connectivity index (χ1n) is 5.23. The maximum Gasteiger partial charge on any atom is 0.321 e. The van der Waals surface area contributed by atoms with Gasteiger partial charge in [-0.25, -0.2) is 13.1 Å². The van der Waals surface area contributed by atoms with Gasteiger partial charge in [0.15, 0.2) is 0 Å². The zero-order chi connectivity index (χ0) is 13.5. The molecule has 3 N–H and O–H groups in total. The molecular formula is C9H17NO6S. The molecule has 0 aromatic heterocycles. The van der Waals surface area contributed by atoms with Gasteiger partial charge in [-0.1, -0.05) is 13.3 Å². The summed E-state index contributed by atoms with van der Waals surface area (Å²) >= 11 is 0. The van der Waals surface area contributed by atoms with Crippen LogP contribution in [-0.2, 0) is 19.6 Å². The number of carboxylic acids is 2. The summed E-state index contributed by atoms with van der Waals surface area (Å²) in [4.78, 5) is 21.0. The van der Waals surface area contributed by atoms with Gasteiger partial charge in [0, 0.05) is 6.42 Å². The Morgan fingerprint density at radius 2 is 1.88 bits per heavy atom. The van der Waals surface area contributed by atoms with E-state index in [4.69, 9.17) is 10.2 Å². The molecular weight excluding hydrogens is 250 g/mol. The molecule has 0 aliphatic heterocycles. The number of hydrogen-bond donors (Lipinski definition) is 3. The summed E-state index contributed by atoms with van der Waals surface area (Å²) in [7, 11) is -3.66. The average molecular weight is 267 g/mol. The Bertz CT molecular complexity index is 364. The summed E-state index contributed by atoms with van der Waals surface area (Å²) < 4.78 is 24.8. The average Bonchev–Trinajstić information content (AvgIpc) is 2.20. The molecule has 0 fully saturated rings. The van der Waals surface area contributed by atoms with Crippen LogP contribution in [-0.4, -0.2) is 42.4 Å². The molecule has 100 valence electrons. The molecule has 8 heteroatoms. The molecule has 17 heavy (non-hydrogen) atoms. The molecule has 1 atom stereocenters. The van der Waals surface area contributed by atoms with Crippen LogP contribution in [0.25, 0.3) is 0 Å². The monoisotopic (exact) mass is 267 g/mol. The zero-order valence-corrected chi connectivity index (χ0v) is 10.4. The zero-order valence-electron chi connectivity index (χ0n) is 9.55. The van der Waals surface area contributed by atoms with Crippen molar-refractivity contribution in [1.82, 2.24) is 4.72 Å². The van der Waals surface area contributed by atoms with Crippen molar-refractivity contribution in [2.24, 2.45) is 0 Å². The van der Waals surface area contributed by atoms with Gasteiger partial charge >= 0.3 is 11.9 Å². The molecule has 0 bridgehead atoms. The summed E-state index contributed by atoms with van der Waals surface area (Å²) in [5.41, 5.74) is 0. The van der Waals surface area contributed by atoms with Crippen molar-refractivity contribution >= 4 is 22.0 Å². The number of carboxylic acid groups (broad SMARTS) is 2. The fourth-order valence-corrected chi connectivity index (χ4v) is 2.55. The van der Waals surface area contributed by atoms with Gasteiger partial charge < -0.3 is 10.2 Å². The first-order valence-corrected chi connectivity index (χ1v) is 6.88. The smallest absolute Gasteiger partial charge is 0.321 e. The third kappa shape index (κ3) is 7.70. The third-order valence-electron chi connectivity index (χ3n) is 2.03. The molecule has 0 saturated heterocycles. The Morgan fingerprint density at radius 3 is 2.29 bits per heavy atom. The van der Waals surface area contributed by atoms with Gasteiger partial charge in [-0.15, -0.1) is 0 Å². The fraction of sp³-hybridized carbons (Fsp3) is 0.778. The molecule has 7 nitrogen and oxygen atoms in total. The highest BCUT2D eigenvalue weighted by molar-refractivity contribution is 7.89. The van der Waals surface area contributed by atoms with Crippen LogP contribution in [0.3, 0.4) is 0 Å². The summed E-state index contributed by atoms with van der Waals surface area (Å²) in [6.07, 6.45) is 0.442. The molecule has 0 rings (SSSR count). The van der Waals surface area contributed by atoms with Crippen LogP contribution in [0, 0.1) is 0 Å². The Labute approximate surface area is 99.9 Å². The van der Waals surface area contributed by atoms with Gasteiger partial charge in [0.05, 0.1) is 5.75 Å². The van der Waals surface area contributed by atoms with Crippen molar-refractivity contribution in [3.63, 3.8) is 0 Å². The molecule has 0 heterocycles. The van der Waals surface area contributed by atoms with Crippen LogP contribution < -0.4 is 4.72 Å². The van der Waals surface area contributed by atoms with Gasteiger partial charge in [-0.2, -0.15) is 0 Å². The number of aliphatic carboxylic acids is 2. The fourth-order valence-electron chi connectivity index (χ4n) is 1.11. The van der Waals surface area contributed by atoms with Crippen molar-refractivity contribution in [2.75, 3.05) is 5.75 Å². The van der Waals surface area contributed by atoms with Gasteiger partial charge in [0.25, 0.3) is 0 Å². The van der Waals surface area contributed by atoms with Crippen LogP contribution in [0.2, 0.25) is 0 Å². The van der Waals surface area contributed by atoms with E-state index < -0.39 is 34.4 Å². The predicted molar refractivity (Wildman–Crippen MR) is 60.1 cm³/mol. The Balaban J connectivity index is 4.43. The molecule has 0 aromatic carbocycles. The second-order valence-corrected chi connectivity index (χ2v) is 5.49. The highest BCUT2D eigenvalue weighted by Crippen LogP contribution is 2.02. The molecule has 0 aromatic rings. The highest BCUT2D eigenvalue weighted by Gasteiger charge is 2.24. The van der Waals surface area contributed by atoms with Crippen LogP contribution in [0.15, 0.2) is 0 Å². The van der Waals surface area contributed by atoms with Gasteiger partial charge in [0.1, 0.15) is 6.04 Å². The van der Waals surface area contributed by atoms with Crippen LogP contribution in [0.4, 0.5) is 0 Å². The number of rotatable bonds is 9. The highest BCUT2D eigenvalue weighted by atomic mass is 32.2. The minimum atomic E-state index is -3.66. The topological polar surface area (TPSA) is 121 Å². The molecule has 0 aliphatic carbocycles. The van der Waals surface area contributed by atoms with E-state index in [1.165, 1.54) is 0 Å². The van der Waals surface area contributed by atoms with E-state index in [0.717, 1.165) is 0 Å². The van der Waals surface area contributed by atoms with Crippen LogP contribution in [0.5, 0.6) is 0 Å². The standard InChI is InChI=1S/C9H17NO6S/c1-2-3-6-17(15,16)10-7(9(13)14)4-5-8(11)12/h7,10H,2-6H2,1H3,(H,11,12)(H,13,14)/t7-/m0/s1. The van der Waals surface area contributed by atoms with Crippen molar-refractivity contribution in [3.8, 4) is 0 Å². The molecule has 0 saturated carbocycles. The van der Waals surface area contributed by atoms with Crippen molar-refractivity contribution in [3.05, 3.63) is 0 Å². The lowest BCUT2D eigenvalue weighted by atomic mass is 10.2. The number of nitrogens with one attached hydrogen (secondary N) is 1. The van der Waals surface area contributed by atoms with E-state index in [-0.39, 0.29) is 12.2 Å². The number of sulfonamides is 1. The van der Waals surface area contributed by atoms with E-state index in [9.17, 15) is 18.0 Å². The van der Waals surface area contributed by atoms with Crippen LogP contribution in [0.1, 0.15) is 32.6 Å². The first-order chi connectivity index (χ1) is 7.78. The van der Waals surface area contributed by atoms with E-state index in [1.54, 1.807) is 0 Å². The maximum atomic E-state index is 11.4. The van der Waals surface area contributed by atoms with Gasteiger partial charge in [-0.05, 0) is 12.8 Å². The van der Waals surface area contributed by atoms with E-state index in [2.05, 4.69) is 0 Å². The number of carbonyl (C=O) groups is 2. The molecule has 0 aliphatic rings. The van der Waals surface area contributed by atoms with Crippen molar-refractivity contribution in [2.45, 2.75) is 38.6 Å². The minimum Gasteiger partial charge on any atom is -0.481 e. The lowest BCUT2D eigenvalue weighted by molar-refractivity contribution is -0.140. The molecule has 0 spiro atoms. The Kier molecular flexibility index (Phi) is 6.74. The normalized spacial score (nSPS) is 13.2. The van der Waals surface area contributed by atoms with E-state index in [1.807, 2.05) is 11.6 Å². The summed E-state index contributed by atoms with van der Waals surface area (Å²) in [5.74, 6) is -2.68. The van der Waals surface area contributed by atoms with E-state index in [0.29, 0.717) is 12.8 Å². The number of unbranched alkanes of at least 4 members (excludes halogenated alkanes) is 1. The van der Waals surface area contributed by atoms with Crippen molar-refractivity contribution < 1.29 is 28.2 Å². The first kappa shape index (κ1) is 15.9. The Hall–Kier alpha value is -1.15. The predicted octanol–water partition coefficient (Wildman–Crippen LogP) is 0.0239. The van der Waals surface area contributed by atoms with Crippen LogP contribution >= 0.6 is 0 Å². The third-order valence-corrected chi connectivity index (χ3v) is 3.50. The number of hydrogen-bond acceptors (Lipinski definition) is 4. The van der Waals surface area contributed by atoms with Gasteiger partial charge in [0.2, 0.25) is 10.0 Å². The second kappa shape index (κ2) is 7.23. The quantitative estimate of drug-likeness (QED) is 0.541. The van der Waals surface area contributed by atoms with E-state index >= 15 is 0 Å². The largest absolute Gasteiger partial charge is 0.481 e.